The van der Waals surface area contributed by atoms with Gasteiger partial charge in [-0.3, -0.25) is 4.98 Å². The number of nitrogens with one attached hydrogen (secondary N) is 1. The van der Waals surface area contributed by atoms with Gasteiger partial charge >= 0.3 is 0 Å². The van der Waals surface area contributed by atoms with Gasteiger partial charge in [-0.25, -0.2) is 9.97 Å². The van der Waals surface area contributed by atoms with Crippen molar-refractivity contribution >= 4 is 17.3 Å². The number of aryl methyl sites for hydroxylation is 1. The lowest BCUT2D eigenvalue weighted by Crippen LogP contribution is -2.22. The molecular formula is C22H27N5. The number of pyridine rings is 1. The van der Waals surface area contributed by atoms with Crippen LogP contribution in [-0.4, -0.2) is 28.5 Å². The molecule has 0 amide bonds. The molecule has 0 spiro atoms. The van der Waals surface area contributed by atoms with E-state index in [2.05, 4.69) is 70.3 Å². The van der Waals surface area contributed by atoms with Gasteiger partial charge in [-0.05, 0) is 54.7 Å². The largest absolute Gasteiger partial charge is 0.359 e. The molecule has 2 heterocycles. The van der Waals surface area contributed by atoms with Crippen molar-refractivity contribution in [3.05, 3.63) is 71.8 Å². The minimum absolute atomic E-state index is 0.529. The van der Waals surface area contributed by atoms with E-state index in [1.807, 2.05) is 37.5 Å². The van der Waals surface area contributed by atoms with Gasteiger partial charge in [0.25, 0.3) is 0 Å². The van der Waals surface area contributed by atoms with Crippen molar-refractivity contribution in [3.8, 4) is 0 Å². The van der Waals surface area contributed by atoms with Crippen molar-refractivity contribution in [1.29, 1.82) is 0 Å². The van der Waals surface area contributed by atoms with Gasteiger partial charge in [0.15, 0.2) is 0 Å². The number of nitrogens with zero attached hydrogens (tertiary/aromatic N) is 4. The quantitative estimate of drug-likeness (QED) is 0.659. The highest BCUT2D eigenvalue weighted by atomic mass is 15.2. The Morgan fingerprint density at radius 1 is 1.00 bits per heavy atom. The first-order valence-corrected chi connectivity index (χ1v) is 9.34. The molecule has 3 rings (SSSR count). The summed E-state index contributed by atoms with van der Waals surface area (Å²) >= 11 is 0. The molecule has 2 aromatic heterocycles. The molecule has 0 saturated heterocycles. The Kier molecular flexibility index (Phi) is 6.01. The molecule has 0 radical (unpaired) electrons. The fraction of sp³-hybridized carbons (Fsp3) is 0.318. The molecule has 0 fully saturated rings. The smallest absolute Gasteiger partial charge is 0.136 e. The molecule has 1 N–H and O–H groups in total. The van der Waals surface area contributed by atoms with Crippen LogP contribution in [0.5, 0.6) is 0 Å². The molecule has 0 aliphatic carbocycles. The van der Waals surface area contributed by atoms with Crippen molar-refractivity contribution in [2.75, 3.05) is 23.8 Å². The first-order valence-electron chi connectivity index (χ1n) is 9.34. The summed E-state index contributed by atoms with van der Waals surface area (Å²) in [5, 5.41) is 3.39. The van der Waals surface area contributed by atoms with Crippen molar-refractivity contribution in [2.24, 2.45) is 0 Å². The topological polar surface area (TPSA) is 53.9 Å². The van der Waals surface area contributed by atoms with Crippen LogP contribution >= 0.6 is 0 Å². The lowest BCUT2D eigenvalue weighted by atomic mass is 10.0. The first-order chi connectivity index (χ1) is 13.0. The van der Waals surface area contributed by atoms with E-state index >= 15 is 0 Å². The SMILES string of the molecule is Cc1nc(Nc2ccc(C(C)C)cc2)cc(N(C)CCc2ccncc2)n1. The monoisotopic (exact) mass is 361 g/mol. The van der Waals surface area contributed by atoms with Crippen molar-refractivity contribution in [1.82, 2.24) is 15.0 Å². The zero-order chi connectivity index (χ0) is 19.2. The summed E-state index contributed by atoms with van der Waals surface area (Å²) in [6.45, 7) is 7.20. The fourth-order valence-electron chi connectivity index (χ4n) is 2.87. The Balaban J connectivity index is 1.69. The number of aromatic nitrogens is 3. The highest BCUT2D eigenvalue weighted by Crippen LogP contribution is 2.22. The Labute approximate surface area is 161 Å². The second-order valence-electron chi connectivity index (χ2n) is 7.09. The second-order valence-corrected chi connectivity index (χ2v) is 7.09. The highest BCUT2D eigenvalue weighted by Gasteiger charge is 2.08. The summed E-state index contributed by atoms with van der Waals surface area (Å²) in [6, 6.07) is 14.6. The number of rotatable bonds is 7. The summed E-state index contributed by atoms with van der Waals surface area (Å²) in [5.74, 6) is 3.01. The average molecular weight is 361 g/mol. The molecule has 0 saturated carbocycles. The molecule has 3 aromatic rings. The molecular weight excluding hydrogens is 334 g/mol. The number of hydrogen-bond acceptors (Lipinski definition) is 5. The molecule has 0 atom stereocenters. The lowest BCUT2D eigenvalue weighted by Gasteiger charge is -2.19. The maximum atomic E-state index is 4.59. The van der Waals surface area contributed by atoms with E-state index in [1.165, 1.54) is 11.1 Å². The van der Waals surface area contributed by atoms with Crippen LogP contribution in [0.3, 0.4) is 0 Å². The van der Waals surface area contributed by atoms with Gasteiger partial charge in [0.1, 0.15) is 17.5 Å². The Hall–Kier alpha value is -2.95. The average Bonchev–Trinajstić information content (AvgIpc) is 2.67. The van der Waals surface area contributed by atoms with Gasteiger partial charge in [-0.2, -0.15) is 0 Å². The molecule has 0 aliphatic rings. The Bertz CT molecular complexity index is 860. The first kappa shape index (κ1) is 18.8. The molecule has 0 aliphatic heterocycles. The molecule has 5 heteroatoms. The van der Waals surface area contributed by atoms with E-state index in [-0.39, 0.29) is 0 Å². The van der Waals surface area contributed by atoms with Gasteiger partial charge in [0.2, 0.25) is 0 Å². The van der Waals surface area contributed by atoms with E-state index < -0.39 is 0 Å². The van der Waals surface area contributed by atoms with E-state index in [9.17, 15) is 0 Å². The minimum atomic E-state index is 0.529. The minimum Gasteiger partial charge on any atom is -0.359 e. The van der Waals surface area contributed by atoms with E-state index in [4.69, 9.17) is 0 Å². The molecule has 27 heavy (non-hydrogen) atoms. The normalized spacial score (nSPS) is 10.9. The summed E-state index contributed by atoms with van der Waals surface area (Å²) in [5.41, 5.74) is 3.63. The van der Waals surface area contributed by atoms with Crippen molar-refractivity contribution in [2.45, 2.75) is 33.1 Å². The third kappa shape index (κ3) is 5.26. The highest BCUT2D eigenvalue weighted by molar-refractivity contribution is 5.60. The second kappa shape index (κ2) is 8.62. The molecule has 0 bridgehead atoms. The van der Waals surface area contributed by atoms with E-state index in [0.717, 1.165) is 36.1 Å². The number of likely N-dealkylation sites (N-methyl/N-ethyl adjacent to an activating group) is 1. The lowest BCUT2D eigenvalue weighted by molar-refractivity contribution is 0.848. The zero-order valence-electron chi connectivity index (χ0n) is 16.5. The van der Waals surface area contributed by atoms with Gasteiger partial charge in [-0.1, -0.05) is 26.0 Å². The molecule has 140 valence electrons. The Morgan fingerprint density at radius 3 is 2.37 bits per heavy atom. The number of anilines is 3. The van der Waals surface area contributed by atoms with E-state index in [0.29, 0.717) is 5.92 Å². The number of benzene rings is 1. The van der Waals surface area contributed by atoms with Crippen LogP contribution in [0.1, 0.15) is 36.7 Å². The maximum absolute atomic E-state index is 4.59. The predicted octanol–water partition coefficient (Wildman–Crippen LogP) is 4.73. The summed E-state index contributed by atoms with van der Waals surface area (Å²) in [4.78, 5) is 15.3. The predicted molar refractivity (Wildman–Crippen MR) is 112 cm³/mol. The fourth-order valence-corrected chi connectivity index (χ4v) is 2.87. The summed E-state index contributed by atoms with van der Waals surface area (Å²) < 4.78 is 0. The van der Waals surface area contributed by atoms with Crippen molar-refractivity contribution in [3.63, 3.8) is 0 Å². The van der Waals surface area contributed by atoms with Gasteiger partial charge in [0, 0.05) is 37.7 Å². The van der Waals surface area contributed by atoms with Gasteiger partial charge in [0.05, 0.1) is 0 Å². The summed E-state index contributed by atoms with van der Waals surface area (Å²) in [6.07, 6.45) is 4.61. The van der Waals surface area contributed by atoms with Gasteiger partial charge < -0.3 is 10.2 Å². The molecule has 1 aromatic carbocycles. The van der Waals surface area contributed by atoms with Crippen LogP contribution < -0.4 is 10.2 Å². The molecule has 5 nitrogen and oxygen atoms in total. The molecule has 0 unspecified atom stereocenters. The maximum Gasteiger partial charge on any atom is 0.136 e. The van der Waals surface area contributed by atoms with Crippen LogP contribution in [0.15, 0.2) is 54.9 Å². The summed E-state index contributed by atoms with van der Waals surface area (Å²) in [7, 11) is 2.06. The Morgan fingerprint density at radius 2 is 1.70 bits per heavy atom. The van der Waals surface area contributed by atoms with Crippen LogP contribution in [0.4, 0.5) is 17.3 Å². The van der Waals surface area contributed by atoms with Crippen LogP contribution in [-0.2, 0) is 6.42 Å². The standard InChI is InChI=1S/C22H27N5/c1-16(2)19-5-7-20(8-6-19)26-21-15-22(25-17(3)24-21)27(4)14-11-18-9-12-23-13-10-18/h5-10,12-13,15-16H,11,14H2,1-4H3,(H,24,25,26). The van der Waals surface area contributed by atoms with Crippen LogP contribution in [0.25, 0.3) is 0 Å². The van der Waals surface area contributed by atoms with E-state index in [1.54, 1.807) is 0 Å². The third-order valence-corrected chi connectivity index (χ3v) is 4.55. The van der Waals surface area contributed by atoms with Crippen LogP contribution in [0, 0.1) is 6.92 Å². The third-order valence-electron chi connectivity index (χ3n) is 4.55. The number of hydrogen-bond donors (Lipinski definition) is 1. The van der Waals surface area contributed by atoms with Gasteiger partial charge in [-0.15, -0.1) is 0 Å². The van der Waals surface area contributed by atoms with Crippen LogP contribution in [0.2, 0.25) is 0 Å². The zero-order valence-corrected chi connectivity index (χ0v) is 16.5. The van der Waals surface area contributed by atoms with Crippen molar-refractivity contribution < 1.29 is 0 Å².